The Kier molecular flexibility index (Phi) is 1.96. The highest BCUT2D eigenvalue weighted by Gasteiger charge is 2.29. The molecule has 15 heavy (non-hydrogen) atoms. The number of aryl methyl sites for hydroxylation is 1. The van der Waals surface area contributed by atoms with Gasteiger partial charge in [0.1, 0.15) is 0 Å². The number of alkyl halides is 2. The van der Waals surface area contributed by atoms with Crippen LogP contribution in [0.1, 0.15) is 12.5 Å². The van der Waals surface area contributed by atoms with Crippen molar-refractivity contribution in [3.63, 3.8) is 0 Å². The molecule has 0 aliphatic heterocycles. The third-order valence-electron chi connectivity index (χ3n) is 2.52. The SMILES string of the molecule is Cn1cc(C(C)(F)F)c2c(N)cccc21. The van der Waals surface area contributed by atoms with Crippen LogP contribution in [0.4, 0.5) is 14.5 Å². The third kappa shape index (κ3) is 1.46. The van der Waals surface area contributed by atoms with Gasteiger partial charge in [-0.1, -0.05) is 6.07 Å². The predicted molar refractivity (Wildman–Crippen MR) is 56.9 cm³/mol. The second-order valence-electron chi connectivity index (χ2n) is 3.78. The highest BCUT2D eigenvalue weighted by molar-refractivity contribution is 5.94. The highest BCUT2D eigenvalue weighted by atomic mass is 19.3. The fourth-order valence-electron chi connectivity index (χ4n) is 1.81. The average molecular weight is 210 g/mol. The van der Waals surface area contributed by atoms with Gasteiger partial charge in [-0.3, -0.25) is 0 Å². The molecule has 2 rings (SSSR count). The van der Waals surface area contributed by atoms with Crippen LogP contribution >= 0.6 is 0 Å². The van der Waals surface area contributed by atoms with Crippen LogP contribution in [0.3, 0.4) is 0 Å². The number of rotatable bonds is 1. The molecule has 0 aliphatic carbocycles. The first-order valence-electron chi connectivity index (χ1n) is 4.63. The molecule has 0 aliphatic rings. The Hall–Kier alpha value is -1.58. The molecule has 4 heteroatoms. The molecule has 0 saturated heterocycles. The van der Waals surface area contributed by atoms with Gasteiger partial charge in [0, 0.05) is 36.8 Å². The predicted octanol–water partition coefficient (Wildman–Crippen LogP) is 2.87. The molecular weight excluding hydrogens is 198 g/mol. The van der Waals surface area contributed by atoms with Crippen molar-refractivity contribution in [2.75, 3.05) is 5.73 Å². The number of nitrogens with two attached hydrogens (primary N) is 1. The summed E-state index contributed by atoms with van der Waals surface area (Å²) in [5, 5.41) is 0.451. The summed E-state index contributed by atoms with van der Waals surface area (Å²) in [7, 11) is 1.73. The van der Waals surface area contributed by atoms with Gasteiger partial charge in [0.25, 0.3) is 5.92 Å². The van der Waals surface area contributed by atoms with Crippen molar-refractivity contribution >= 4 is 16.6 Å². The number of fused-ring (bicyclic) bond motifs is 1. The number of nitrogens with zero attached hydrogens (tertiary/aromatic N) is 1. The molecule has 80 valence electrons. The van der Waals surface area contributed by atoms with E-state index in [2.05, 4.69) is 0 Å². The first-order valence-corrected chi connectivity index (χ1v) is 4.63. The van der Waals surface area contributed by atoms with Gasteiger partial charge < -0.3 is 10.3 Å². The van der Waals surface area contributed by atoms with Crippen molar-refractivity contribution in [3.05, 3.63) is 30.0 Å². The first kappa shape index (κ1) is 9.96. The minimum atomic E-state index is -2.87. The number of hydrogen-bond donors (Lipinski definition) is 1. The molecule has 0 fully saturated rings. The summed E-state index contributed by atoms with van der Waals surface area (Å²) >= 11 is 0. The van der Waals surface area contributed by atoms with Gasteiger partial charge in [-0.2, -0.15) is 0 Å². The normalized spacial score (nSPS) is 12.3. The van der Waals surface area contributed by atoms with Crippen molar-refractivity contribution in [3.8, 4) is 0 Å². The molecular formula is C11H12F2N2. The van der Waals surface area contributed by atoms with Gasteiger partial charge >= 0.3 is 0 Å². The van der Waals surface area contributed by atoms with Gasteiger partial charge in [-0.05, 0) is 12.1 Å². The summed E-state index contributed by atoms with van der Waals surface area (Å²) < 4.78 is 28.3. The number of benzene rings is 1. The van der Waals surface area contributed by atoms with E-state index < -0.39 is 5.92 Å². The Labute approximate surface area is 86.3 Å². The van der Waals surface area contributed by atoms with Crippen LogP contribution in [-0.4, -0.2) is 4.57 Å². The fourth-order valence-corrected chi connectivity index (χ4v) is 1.81. The number of anilines is 1. The maximum Gasteiger partial charge on any atom is 0.272 e. The Balaban J connectivity index is 2.88. The van der Waals surface area contributed by atoms with Crippen LogP contribution in [0.2, 0.25) is 0 Å². The summed E-state index contributed by atoms with van der Waals surface area (Å²) in [5.41, 5.74) is 6.83. The molecule has 0 unspecified atom stereocenters. The lowest BCUT2D eigenvalue weighted by Gasteiger charge is -2.09. The van der Waals surface area contributed by atoms with Gasteiger partial charge in [0.2, 0.25) is 0 Å². The molecule has 0 spiro atoms. The van der Waals surface area contributed by atoms with Crippen molar-refractivity contribution in [2.24, 2.45) is 7.05 Å². The lowest BCUT2D eigenvalue weighted by Crippen LogP contribution is -2.06. The first-order chi connectivity index (χ1) is 6.91. The summed E-state index contributed by atoms with van der Waals surface area (Å²) in [6.07, 6.45) is 1.43. The zero-order chi connectivity index (χ0) is 11.2. The van der Waals surface area contributed by atoms with Crippen LogP contribution in [0.5, 0.6) is 0 Å². The van der Waals surface area contributed by atoms with Crippen molar-refractivity contribution < 1.29 is 8.78 Å². The van der Waals surface area contributed by atoms with E-state index in [1.807, 2.05) is 0 Å². The monoisotopic (exact) mass is 210 g/mol. The van der Waals surface area contributed by atoms with E-state index in [0.29, 0.717) is 11.1 Å². The van der Waals surface area contributed by atoms with E-state index in [9.17, 15) is 8.78 Å². The van der Waals surface area contributed by atoms with Crippen LogP contribution < -0.4 is 5.73 Å². The van der Waals surface area contributed by atoms with E-state index in [4.69, 9.17) is 5.73 Å². The van der Waals surface area contributed by atoms with Crippen molar-refractivity contribution in [1.82, 2.24) is 4.57 Å². The maximum absolute atomic E-state index is 13.3. The topological polar surface area (TPSA) is 30.9 Å². The Morgan fingerprint density at radius 1 is 1.33 bits per heavy atom. The molecule has 0 bridgehead atoms. The quantitative estimate of drug-likeness (QED) is 0.721. The average Bonchev–Trinajstić information content (AvgIpc) is 2.45. The highest BCUT2D eigenvalue weighted by Crippen LogP contribution is 2.36. The Bertz CT molecular complexity index is 509. The summed E-state index contributed by atoms with van der Waals surface area (Å²) in [4.78, 5) is 0. The number of hydrogen-bond acceptors (Lipinski definition) is 1. The molecule has 0 saturated carbocycles. The Morgan fingerprint density at radius 3 is 2.60 bits per heavy atom. The number of halogens is 2. The number of nitrogen functional groups attached to an aromatic ring is 1. The van der Waals surface area contributed by atoms with Crippen molar-refractivity contribution in [2.45, 2.75) is 12.8 Å². The van der Waals surface area contributed by atoms with Crippen LogP contribution in [0.15, 0.2) is 24.4 Å². The molecule has 1 heterocycles. The molecule has 1 aromatic carbocycles. The van der Waals surface area contributed by atoms with Crippen LogP contribution in [-0.2, 0) is 13.0 Å². The van der Waals surface area contributed by atoms with Gasteiger partial charge in [-0.15, -0.1) is 0 Å². The van der Waals surface area contributed by atoms with E-state index in [1.165, 1.54) is 6.20 Å². The second-order valence-corrected chi connectivity index (χ2v) is 3.78. The minimum absolute atomic E-state index is 0.0156. The Morgan fingerprint density at radius 2 is 2.00 bits per heavy atom. The van der Waals surface area contributed by atoms with Crippen LogP contribution in [0, 0.1) is 0 Å². The van der Waals surface area contributed by atoms with E-state index in [-0.39, 0.29) is 5.56 Å². The molecule has 0 atom stereocenters. The molecule has 2 N–H and O–H groups in total. The van der Waals surface area contributed by atoms with Crippen LogP contribution in [0.25, 0.3) is 10.9 Å². The zero-order valence-corrected chi connectivity index (χ0v) is 8.59. The summed E-state index contributed by atoms with van der Waals surface area (Å²) in [6, 6.07) is 5.17. The van der Waals surface area contributed by atoms with E-state index in [1.54, 1.807) is 29.8 Å². The lowest BCUT2D eigenvalue weighted by molar-refractivity contribution is 0.0189. The largest absolute Gasteiger partial charge is 0.398 e. The van der Waals surface area contributed by atoms with Gasteiger partial charge in [-0.25, -0.2) is 8.78 Å². The van der Waals surface area contributed by atoms with Gasteiger partial charge in [0.15, 0.2) is 0 Å². The molecule has 2 aromatic rings. The number of aromatic nitrogens is 1. The maximum atomic E-state index is 13.3. The minimum Gasteiger partial charge on any atom is -0.398 e. The third-order valence-corrected chi connectivity index (χ3v) is 2.52. The lowest BCUT2D eigenvalue weighted by atomic mass is 10.1. The van der Waals surface area contributed by atoms with Gasteiger partial charge in [0.05, 0.1) is 5.52 Å². The van der Waals surface area contributed by atoms with E-state index in [0.717, 1.165) is 12.4 Å². The standard InChI is InChI=1S/C11H12F2N2/c1-11(12,13)7-6-15(2)9-5-3-4-8(14)10(7)9/h3-6H,14H2,1-2H3. The summed E-state index contributed by atoms with van der Waals surface area (Å²) in [5.74, 6) is -2.87. The molecule has 0 amide bonds. The molecule has 1 aromatic heterocycles. The molecule has 0 radical (unpaired) electrons. The smallest absolute Gasteiger partial charge is 0.272 e. The summed E-state index contributed by atoms with van der Waals surface area (Å²) in [6.45, 7) is 0.883. The van der Waals surface area contributed by atoms with E-state index >= 15 is 0 Å². The fraction of sp³-hybridized carbons (Fsp3) is 0.273. The molecule has 2 nitrogen and oxygen atoms in total. The van der Waals surface area contributed by atoms with Crippen molar-refractivity contribution in [1.29, 1.82) is 0 Å². The zero-order valence-electron chi connectivity index (χ0n) is 8.59. The second kappa shape index (κ2) is 2.95.